The van der Waals surface area contributed by atoms with Gasteiger partial charge in [0.1, 0.15) is 11.8 Å². The average Bonchev–Trinajstić information content (AvgIpc) is 3.07. The van der Waals surface area contributed by atoms with Crippen molar-refractivity contribution in [3.63, 3.8) is 0 Å². The van der Waals surface area contributed by atoms with Gasteiger partial charge in [-0.3, -0.25) is 14.5 Å². The quantitative estimate of drug-likeness (QED) is 0.879. The molecule has 1 aliphatic heterocycles. The molecule has 25 heavy (non-hydrogen) atoms. The highest BCUT2D eigenvalue weighted by atomic mass is 16.5. The summed E-state index contributed by atoms with van der Waals surface area (Å²) < 4.78 is 5.51. The van der Waals surface area contributed by atoms with Crippen LogP contribution in [0.2, 0.25) is 0 Å². The fourth-order valence-corrected chi connectivity index (χ4v) is 3.21. The number of fused-ring (bicyclic) bond motifs is 1. The standard InChI is InChI=1S/C20H22N2O3/c1-2-17(20(21)24)22(16-6-4-3-5-7-16)19(23)13-14-8-9-18-15(12-14)10-11-25-18/h3-9,12,17H,2,10-11,13H2,1H3,(H2,21,24)/t17-/m1/s1. The maximum Gasteiger partial charge on any atom is 0.240 e. The number of carbonyl (C=O) groups is 2. The number of nitrogens with two attached hydrogens (primary N) is 1. The van der Waals surface area contributed by atoms with Crippen molar-refractivity contribution in [2.45, 2.75) is 32.2 Å². The van der Waals surface area contributed by atoms with Gasteiger partial charge in [-0.15, -0.1) is 0 Å². The Hall–Kier alpha value is -2.82. The summed E-state index contributed by atoms with van der Waals surface area (Å²) in [4.78, 5) is 26.4. The van der Waals surface area contributed by atoms with E-state index in [1.807, 2.05) is 55.5 Å². The number of hydrogen-bond acceptors (Lipinski definition) is 3. The van der Waals surface area contributed by atoms with Crippen LogP contribution in [-0.2, 0) is 22.4 Å². The molecule has 0 spiro atoms. The molecule has 5 heteroatoms. The maximum atomic E-state index is 13.0. The molecule has 0 unspecified atom stereocenters. The minimum Gasteiger partial charge on any atom is -0.493 e. The Morgan fingerprint density at radius 1 is 1.20 bits per heavy atom. The van der Waals surface area contributed by atoms with Crippen LogP contribution in [0.1, 0.15) is 24.5 Å². The van der Waals surface area contributed by atoms with Crippen molar-refractivity contribution in [1.29, 1.82) is 0 Å². The summed E-state index contributed by atoms with van der Waals surface area (Å²) in [5.41, 5.74) is 8.26. The number of rotatable bonds is 6. The molecular weight excluding hydrogens is 316 g/mol. The van der Waals surface area contributed by atoms with Crippen LogP contribution in [0.4, 0.5) is 5.69 Å². The van der Waals surface area contributed by atoms with Gasteiger partial charge >= 0.3 is 0 Å². The molecule has 2 amide bonds. The van der Waals surface area contributed by atoms with Gasteiger partial charge in [0.05, 0.1) is 13.0 Å². The molecular formula is C20H22N2O3. The Morgan fingerprint density at radius 3 is 2.64 bits per heavy atom. The van der Waals surface area contributed by atoms with E-state index in [1.165, 1.54) is 4.90 Å². The number of hydrogen-bond donors (Lipinski definition) is 1. The van der Waals surface area contributed by atoms with Crippen molar-refractivity contribution in [2.24, 2.45) is 5.73 Å². The first kappa shape index (κ1) is 17.0. The Kier molecular flexibility index (Phi) is 5.03. The van der Waals surface area contributed by atoms with Crippen LogP contribution in [-0.4, -0.2) is 24.5 Å². The van der Waals surface area contributed by atoms with E-state index in [-0.39, 0.29) is 12.3 Å². The zero-order chi connectivity index (χ0) is 17.8. The highest BCUT2D eigenvalue weighted by Gasteiger charge is 2.28. The van der Waals surface area contributed by atoms with E-state index >= 15 is 0 Å². The summed E-state index contributed by atoms with van der Waals surface area (Å²) in [6, 6.07) is 14.4. The first-order valence-electron chi connectivity index (χ1n) is 8.51. The predicted molar refractivity (Wildman–Crippen MR) is 96.5 cm³/mol. The minimum absolute atomic E-state index is 0.143. The van der Waals surface area contributed by atoms with E-state index in [2.05, 4.69) is 0 Å². The van der Waals surface area contributed by atoms with Crippen LogP contribution in [0.5, 0.6) is 5.75 Å². The fraction of sp³-hybridized carbons (Fsp3) is 0.300. The van der Waals surface area contributed by atoms with Gasteiger partial charge in [-0.05, 0) is 35.7 Å². The molecule has 2 aromatic carbocycles. The van der Waals surface area contributed by atoms with Crippen LogP contribution in [0, 0.1) is 0 Å². The number of nitrogens with zero attached hydrogens (tertiary/aromatic N) is 1. The van der Waals surface area contributed by atoms with Crippen LogP contribution in [0.3, 0.4) is 0 Å². The summed E-state index contributed by atoms with van der Waals surface area (Å²) in [6.07, 6.45) is 1.54. The van der Waals surface area contributed by atoms with Gasteiger partial charge in [0, 0.05) is 12.1 Å². The summed E-state index contributed by atoms with van der Waals surface area (Å²) in [6.45, 7) is 2.54. The molecule has 0 fully saturated rings. The Bertz CT molecular complexity index is 774. The molecule has 0 aliphatic carbocycles. The van der Waals surface area contributed by atoms with E-state index in [0.29, 0.717) is 18.7 Å². The summed E-state index contributed by atoms with van der Waals surface area (Å²) in [7, 11) is 0. The van der Waals surface area contributed by atoms with E-state index in [1.54, 1.807) is 0 Å². The largest absolute Gasteiger partial charge is 0.493 e. The van der Waals surface area contributed by atoms with Gasteiger partial charge in [0.2, 0.25) is 11.8 Å². The molecule has 0 bridgehead atoms. The molecule has 0 aromatic heterocycles. The van der Waals surface area contributed by atoms with Gasteiger partial charge in [0.25, 0.3) is 0 Å². The Labute approximate surface area is 147 Å². The second kappa shape index (κ2) is 7.38. The molecule has 2 N–H and O–H groups in total. The van der Waals surface area contributed by atoms with Gasteiger partial charge in [-0.2, -0.15) is 0 Å². The molecule has 0 radical (unpaired) electrons. The summed E-state index contributed by atoms with van der Waals surface area (Å²) >= 11 is 0. The van der Waals surface area contributed by atoms with E-state index in [0.717, 1.165) is 23.3 Å². The highest BCUT2D eigenvalue weighted by Crippen LogP contribution is 2.27. The molecule has 1 heterocycles. The van der Waals surface area contributed by atoms with E-state index in [9.17, 15) is 9.59 Å². The first-order valence-corrected chi connectivity index (χ1v) is 8.51. The third kappa shape index (κ3) is 3.65. The molecule has 130 valence electrons. The average molecular weight is 338 g/mol. The number of benzene rings is 2. The zero-order valence-electron chi connectivity index (χ0n) is 14.3. The maximum absolute atomic E-state index is 13.0. The van der Waals surface area contributed by atoms with Crippen LogP contribution >= 0.6 is 0 Å². The van der Waals surface area contributed by atoms with E-state index in [4.69, 9.17) is 10.5 Å². The summed E-state index contributed by atoms with van der Waals surface area (Å²) in [5.74, 6) is 0.248. The molecule has 0 saturated carbocycles. The lowest BCUT2D eigenvalue weighted by molar-refractivity contribution is -0.124. The van der Waals surface area contributed by atoms with Gasteiger partial charge < -0.3 is 10.5 Å². The number of anilines is 1. The lowest BCUT2D eigenvalue weighted by Gasteiger charge is -2.29. The topological polar surface area (TPSA) is 72.6 Å². The van der Waals surface area contributed by atoms with Crippen LogP contribution in [0.15, 0.2) is 48.5 Å². The number of ether oxygens (including phenoxy) is 1. The second-order valence-corrected chi connectivity index (χ2v) is 6.14. The lowest BCUT2D eigenvalue weighted by atomic mass is 10.0. The van der Waals surface area contributed by atoms with Crippen molar-refractivity contribution in [1.82, 2.24) is 0 Å². The van der Waals surface area contributed by atoms with Crippen LogP contribution in [0.25, 0.3) is 0 Å². The SMILES string of the molecule is CC[C@H](C(N)=O)N(C(=O)Cc1ccc2c(c1)CCO2)c1ccccc1. The second-order valence-electron chi connectivity index (χ2n) is 6.14. The molecule has 1 aliphatic rings. The Morgan fingerprint density at radius 2 is 1.96 bits per heavy atom. The number of carbonyl (C=O) groups excluding carboxylic acids is 2. The van der Waals surface area contributed by atoms with Crippen molar-refractivity contribution < 1.29 is 14.3 Å². The van der Waals surface area contributed by atoms with Crippen molar-refractivity contribution in [3.05, 3.63) is 59.7 Å². The monoisotopic (exact) mass is 338 g/mol. The predicted octanol–water partition coefficient (Wildman–Crippen LogP) is 2.46. The van der Waals surface area contributed by atoms with Crippen molar-refractivity contribution >= 4 is 17.5 Å². The van der Waals surface area contributed by atoms with Gasteiger partial charge in [-0.1, -0.05) is 37.3 Å². The molecule has 1 atom stereocenters. The number of amides is 2. The van der Waals surface area contributed by atoms with Gasteiger partial charge in [0.15, 0.2) is 0 Å². The Balaban J connectivity index is 1.87. The van der Waals surface area contributed by atoms with Crippen molar-refractivity contribution in [3.8, 4) is 5.75 Å². The van der Waals surface area contributed by atoms with E-state index < -0.39 is 11.9 Å². The molecule has 3 rings (SSSR count). The van der Waals surface area contributed by atoms with Crippen molar-refractivity contribution in [2.75, 3.05) is 11.5 Å². The minimum atomic E-state index is -0.660. The fourth-order valence-electron chi connectivity index (χ4n) is 3.21. The number of primary amides is 1. The lowest BCUT2D eigenvalue weighted by Crippen LogP contribution is -2.48. The molecule has 5 nitrogen and oxygen atoms in total. The van der Waals surface area contributed by atoms with Gasteiger partial charge in [-0.25, -0.2) is 0 Å². The first-order chi connectivity index (χ1) is 12.1. The third-order valence-electron chi connectivity index (χ3n) is 4.44. The molecule has 0 saturated heterocycles. The van der Waals surface area contributed by atoms with Crippen LogP contribution < -0.4 is 15.4 Å². The highest BCUT2D eigenvalue weighted by molar-refractivity contribution is 6.01. The third-order valence-corrected chi connectivity index (χ3v) is 4.44. The molecule has 2 aromatic rings. The smallest absolute Gasteiger partial charge is 0.240 e. The summed E-state index contributed by atoms with van der Waals surface area (Å²) in [5, 5.41) is 0. The number of para-hydroxylation sites is 1. The normalized spacial score (nSPS) is 13.6. The zero-order valence-corrected chi connectivity index (χ0v) is 14.3.